The lowest BCUT2D eigenvalue weighted by atomic mass is 9.84. The Kier molecular flexibility index (Phi) is 4.85. The van der Waals surface area contributed by atoms with Crippen LogP contribution < -0.4 is 5.73 Å². The summed E-state index contributed by atoms with van der Waals surface area (Å²) in [5.41, 5.74) is 7.61. The summed E-state index contributed by atoms with van der Waals surface area (Å²) in [6, 6.07) is 6.61. The number of aldehydes is 1. The Bertz CT molecular complexity index is 518. The molecule has 1 aliphatic carbocycles. The number of allylic oxidation sites excluding steroid dienone is 3. The van der Waals surface area contributed by atoms with Crippen LogP contribution in [-0.2, 0) is 11.2 Å². The van der Waals surface area contributed by atoms with Gasteiger partial charge in [0.2, 0.25) is 0 Å². The van der Waals surface area contributed by atoms with Crippen LogP contribution in [0.15, 0.2) is 48.1 Å². The molecular formula is C17H20FNO. The summed E-state index contributed by atoms with van der Waals surface area (Å²) < 4.78 is 12.8. The van der Waals surface area contributed by atoms with Crippen molar-refractivity contribution in [3.63, 3.8) is 0 Å². The van der Waals surface area contributed by atoms with Crippen molar-refractivity contribution in [2.75, 3.05) is 0 Å². The number of benzene rings is 1. The number of aryl methyl sites for hydroxylation is 1. The summed E-state index contributed by atoms with van der Waals surface area (Å²) in [7, 11) is 0. The van der Waals surface area contributed by atoms with Gasteiger partial charge in [-0.15, -0.1) is 0 Å². The van der Waals surface area contributed by atoms with E-state index in [9.17, 15) is 9.18 Å². The molecule has 1 unspecified atom stereocenters. The third-order valence-electron chi connectivity index (χ3n) is 3.70. The fraction of sp³-hybridized carbons (Fsp3) is 0.353. The molecule has 0 saturated carbocycles. The average Bonchev–Trinajstić information content (AvgIpc) is 2.47. The van der Waals surface area contributed by atoms with Gasteiger partial charge in [-0.3, -0.25) is 0 Å². The third-order valence-corrected chi connectivity index (χ3v) is 3.70. The zero-order valence-corrected chi connectivity index (χ0v) is 11.5. The Morgan fingerprint density at radius 2 is 2.05 bits per heavy atom. The standard InChI is InChI=1S/C17H20FNO/c18-16-7-5-14(6-8-16)3-1-2-4-15-9-11-17(19,13-20)12-10-15/h2,4-9,13H,1,3,10-12,19H2/b4-2+. The van der Waals surface area contributed by atoms with Gasteiger partial charge in [0.05, 0.1) is 5.54 Å². The maximum absolute atomic E-state index is 12.8. The molecular weight excluding hydrogens is 253 g/mol. The summed E-state index contributed by atoms with van der Waals surface area (Å²) in [5, 5.41) is 0. The van der Waals surface area contributed by atoms with Crippen molar-refractivity contribution in [1.29, 1.82) is 0 Å². The second kappa shape index (κ2) is 6.62. The van der Waals surface area contributed by atoms with Crippen LogP contribution in [0.25, 0.3) is 0 Å². The molecule has 0 bridgehead atoms. The first kappa shape index (κ1) is 14.7. The summed E-state index contributed by atoms with van der Waals surface area (Å²) in [5.74, 6) is -0.197. The monoisotopic (exact) mass is 273 g/mol. The molecule has 0 aromatic heterocycles. The summed E-state index contributed by atoms with van der Waals surface area (Å²) >= 11 is 0. The molecule has 1 aromatic rings. The number of halogens is 1. The number of carbonyl (C=O) groups excluding carboxylic acids is 1. The van der Waals surface area contributed by atoms with Gasteiger partial charge >= 0.3 is 0 Å². The highest BCUT2D eigenvalue weighted by Crippen LogP contribution is 2.24. The van der Waals surface area contributed by atoms with Crippen molar-refractivity contribution in [2.45, 2.75) is 37.6 Å². The van der Waals surface area contributed by atoms with Gasteiger partial charge in [-0.2, -0.15) is 0 Å². The second-order valence-electron chi connectivity index (χ2n) is 5.40. The molecule has 20 heavy (non-hydrogen) atoms. The van der Waals surface area contributed by atoms with E-state index in [1.54, 1.807) is 0 Å². The van der Waals surface area contributed by atoms with Gasteiger partial charge in [0.1, 0.15) is 12.1 Å². The quantitative estimate of drug-likeness (QED) is 0.836. The van der Waals surface area contributed by atoms with Crippen molar-refractivity contribution in [2.24, 2.45) is 5.73 Å². The van der Waals surface area contributed by atoms with Crippen molar-refractivity contribution >= 4 is 6.29 Å². The van der Waals surface area contributed by atoms with Gasteiger partial charge in [-0.25, -0.2) is 4.39 Å². The van der Waals surface area contributed by atoms with Gasteiger partial charge in [-0.05, 0) is 49.8 Å². The minimum Gasteiger partial charge on any atom is -0.319 e. The smallest absolute Gasteiger partial charge is 0.140 e. The molecule has 0 fully saturated rings. The van der Waals surface area contributed by atoms with Gasteiger partial charge in [0.25, 0.3) is 0 Å². The fourth-order valence-electron chi connectivity index (χ4n) is 2.30. The van der Waals surface area contributed by atoms with E-state index in [4.69, 9.17) is 5.73 Å². The zero-order valence-electron chi connectivity index (χ0n) is 11.5. The van der Waals surface area contributed by atoms with Gasteiger partial charge < -0.3 is 10.5 Å². The first-order valence-electron chi connectivity index (χ1n) is 6.96. The van der Waals surface area contributed by atoms with Crippen LogP contribution in [0.4, 0.5) is 4.39 Å². The van der Waals surface area contributed by atoms with E-state index in [1.165, 1.54) is 17.7 Å². The van der Waals surface area contributed by atoms with Crippen molar-refractivity contribution in [3.8, 4) is 0 Å². The summed E-state index contributed by atoms with van der Waals surface area (Å²) in [6.07, 6.45) is 11.1. The molecule has 106 valence electrons. The van der Waals surface area contributed by atoms with Crippen LogP contribution in [0.1, 0.15) is 31.2 Å². The summed E-state index contributed by atoms with van der Waals surface area (Å²) in [6.45, 7) is 0. The molecule has 1 atom stereocenters. The van der Waals surface area contributed by atoms with Crippen LogP contribution in [0.5, 0.6) is 0 Å². The Balaban J connectivity index is 1.80. The van der Waals surface area contributed by atoms with E-state index in [-0.39, 0.29) is 5.82 Å². The van der Waals surface area contributed by atoms with Crippen molar-refractivity contribution in [1.82, 2.24) is 0 Å². The van der Waals surface area contributed by atoms with E-state index in [0.29, 0.717) is 12.8 Å². The zero-order chi connectivity index (χ0) is 14.4. The van der Waals surface area contributed by atoms with Gasteiger partial charge in [0.15, 0.2) is 0 Å². The molecule has 2 N–H and O–H groups in total. The normalized spacial score (nSPS) is 22.8. The number of nitrogens with two attached hydrogens (primary N) is 1. The molecule has 1 aromatic carbocycles. The SMILES string of the molecule is NC1(C=O)CC=C(/C=C/CCc2ccc(F)cc2)CC1. The predicted molar refractivity (Wildman–Crippen MR) is 78.8 cm³/mol. The van der Waals surface area contributed by atoms with Crippen LogP contribution in [0.2, 0.25) is 0 Å². The fourth-order valence-corrected chi connectivity index (χ4v) is 2.30. The minimum absolute atomic E-state index is 0.197. The molecule has 0 heterocycles. The molecule has 2 rings (SSSR count). The highest BCUT2D eigenvalue weighted by Gasteiger charge is 2.25. The van der Waals surface area contributed by atoms with Crippen LogP contribution in [-0.4, -0.2) is 11.8 Å². The molecule has 0 amide bonds. The lowest BCUT2D eigenvalue weighted by Gasteiger charge is -2.26. The molecule has 3 heteroatoms. The van der Waals surface area contributed by atoms with Gasteiger partial charge in [0, 0.05) is 0 Å². The van der Waals surface area contributed by atoms with Crippen LogP contribution >= 0.6 is 0 Å². The molecule has 0 radical (unpaired) electrons. The maximum atomic E-state index is 12.8. The van der Waals surface area contributed by atoms with Crippen molar-refractivity contribution < 1.29 is 9.18 Å². The Labute approximate surface area is 119 Å². The first-order chi connectivity index (χ1) is 9.61. The van der Waals surface area contributed by atoms with Gasteiger partial charge in [-0.1, -0.05) is 35.9 Å². The van der Waals surface area contributed by atoms with E-state index < -0.39 is 5.54 Å². The topological polar surface area (TPSA) is 43.1 Å². The van der Waals surface area contributed by atoms with Crippen molar-refractivity contribution in [3.05, 3.63) is 59.4 Å². The van der Waals surface area contributed by atoms with E-state index in [0.717, 1.165) is 31.1 Å². The Morgan fingerprint density at radius 1 is 1.30 bits per heavy atom. The van der Waals surface area contributed by atoms with E-state index >= 15 is 0 Å². The number of rotatable bonds is 5. The van der Waals surface area contributed by atoms with E-state index in [2.05, 4.69) is 12.2 Å². The number of hydrogen-bond donors (Lipinski definition) is 1. The molecule has 1 aliphatic rings. The molecule has 0 aliphatic heterocycles. The first-order valence-corrected chi connectivity index (χ1v) is 6.96. The van der Waals surface area contributed by atoms with Crippen LogP contribution in [0.3, 0.4) is 0 Å². The second-order valence-corrected chi connectivity index (χ2v) is 5.40. The largest absolute Gasteiger partial charge is 0.319 e. The molecule has 0 spiro atoms. The third kappa shape index (κ3) is 4.14. The lowest BCUT2D eigenvalue weighted by Crippen LogP contribution is -2.42. The number of hydrogen-bond acceptors (Lipinski definition) is 2. The highest BCUT2D eigenvalue weighted by atomic mass is 19.1. The van der Waals surface area contributed by atoms with E-state index in [1.807, 2.05) is 18.2 Å². The Hall–Kier alpha value is -1.74. The lowest BCUT2D eigenvalue weighted by molar-refractivity contribution is -0.112. The van der Waals surface area contributed by atoms with Crippen LogP contribution in [0, 0.1) is 5.82 Å². The predicted octanol–water partition coefficient (Wildman–Crippen LogP) is 3.32. The maximum Gasteiger partial charge on any atom is 0.140 e. The highest BCUT2D eigenvalue weighted by molar-refractivity contribution is 5.65. The average molecular weight is 273 g/mol. The summed E-state index contributed by atoms with van der Waals surface area (Å²) in [4.78, 5) is 10.8. The minimum atomic E-state index is -0.661. The number of carbonyl (C=O) groups is 1. The molecule has 2 nitrogen and oxygen atoms in total. The Morgan fingerprint density at radius 3 is 2.65 bits per heavy atom. The molecule has 0 saturated heterocycles.